The molecule has 1 heterocycles. The summed E-state index contributed by atoms with van der Waals surface area (Å²) in [6, 6.07) is 11.7. The zero-order valence-electron chi connectivity index (χ0n) is 10.0. The van der Waals surface area contributed by atoms with Crippen molar-refractivity contribution < 1.29 is 4.79 Å². The van der Waals surface area contributed by atoms with E-state index in [-0.39, 0.29) is 5.91 Å². The summed E-state index contributed by atoms with van der Waals surface area (Å²) in [4.78, 5) is 17.8. The minimum Gasteiger partial charge on any atom is -0.337 e. The molecule has 0 atom stereocenters. The lowest BCUT2D eigenvalue weighted by Gasteiger charge is -2.17. The number of amides is 1. The first-order valence-corrected chi connectivity index (χ1v) is 6.36. The van der Waals surface area contributed by atoms with Gasteiger partial charge in [0.1, 0.15) is 0 Å². The Morgan fingerprint density at radius 3 is 2.67 bits per heavy atom. The predicted molar refractivity (Wildman–Crippen MR) is 74.2 cm³/mol. The first kappa shape index (κ1) is 12.8. The molecule has 0 bridgehead atoms. The van der Waals surface area contributed by atoms with Crippen molar-refractivity contribution in [3.05, 3.63) is 64.4 Å². The molecule has 92 valence electrons. The molecule has 0 aliphatic heterocycles. The fourth-order valence-corrected chi connectivity index (χ4v) is 2.04. The smallest absolute Gasteiger partial charge is 0.255 e. The summed E-state index contributed by atoms with van der Waals surface area (Å²) in [5.41, 5.74) is 1.69. The fraction of sp³-hybridized carbons (Fsp3) is 0.143. The van der Waals surface area contributed by atoms with Gasteiger partial charge in [0.25, 0.3) is 5.91 Å². The number of carbonyl (C=O) groups excluding carboxylic acids is 1. The van der Waals surface area contributed by atoms with Crippen LogP contribution in [0.25, 0.3) is 0 Å². The SMILES string of the molecule is CN(Cc1ccccc1)C(=O)c1cncc(Br)c1. The molecule has 2 rings (SSSR count). The number of hydrogen-bond donors (Lipinski definition) is 0. The van der Waals surface area contributed by atoms with E-state index in [9.17, 15) is 4.79 Å². The zero-order valence-corrected chi connectivity index (χ0v) is 11.6. The topological polar surface area (TPSA) is 33.2 Å². The number of hydrogen-bond acceptors (Lipinski definition) is 2. The van der Waals surface area contributed by atoms with Crippen molar-refractivity contribution in [2.24, 2.45) is 0 Å². The van der Waals surface area contributed by atoms with Crippen molar-refractivity contribution in [3.8, 4) is 0 Å². The van der Waals surface area contributed by atoms with Gasteiger partial charge in [-0.2, -0.15) is 0 Å². The third-order valence-corrected chi connectivity index (χ3v) is 2.99. The summed E-state index contributed by atoms with van der Waals surface area (Å²) in [6.07, 6.45) is 3.24. The van der Waals surface area contributed by atoms with Gasteiger partial charge in [-0.25, -0.2) is 0 Å². The number of benzene rings is 1. The minimum absolute atomic E-state index is 0.0346. The molecule has 2 aromatic rings. The number of rotatable bonds is 3. The molecule has 18 heavy (non-hydrogen) atoms. The molecule has 0 aliphatic rings. The molecule has 1 aromatic carbocycles. The van der Waals surface area contributed by atoms with Gasteiger partial charge in [0.2, 0.25) is 0 Å². The maximum Gasteiger partial charge on any atom is 0.255 e. The maximum atomic E-state index is 12.2. The van der Waals surface area contributed by atoms with Gasteiger partial charge >= 0.3 is 0 Å². The number of nitrogens with zero attached hydrogens (tertiary/aromatic N) is 2. The Hall–Kier alpha value is -1.68. The molecule has 3 nitrogen and oxygen atoms in total. The molecule has 0 saturated heterocycles. The van der Waals surface area contributed by atoms with Crippen LogP contribution >= 0.6 is 15.9 Å². The standard InChI is InChI=1S/C14H13BrN2O/c1-17(10-11-5-3-2-4-6-11)14(18)12-7-13(15)9-16-8-12/h2-9H,10H2,1H3. The molecule has 0 radical (unpaired) electrons. The summed E-state index contributed by atoms with van der Waals surface area (Å²) >= 11 is 3.31. The molecular formula is C14H13BrN2O. The van der Waals surface area contributed by atoms with E-state index in [0.717, 1.165) is 10.0 Å². The number of pyridine rings is 1. The van der Waals surface area contributed by atoms with Crippen molar-refractivity contribution in [1.82, 2.24) is 9.88 Å². The predicted octanol–water partition coefficient (Wildman–Crippen LogP) is 3.12. The normalized spacial score (nSPS) is 10.1. The first-order valence-electron chi connectivity index (χ1n) is 5.57. The van der Waals surface area contributed by atoms with Crippen LogP contribution in [0.2, 0.25) is 0 Å². The molecule has 0 unspecified atom stereocenters. The van der Waals surface area contributed by atoms with Crippen LogP contribution in [0.4, 0.5) is 0 Å². The highest BCUT2D eigenvalue weighted by Gasteiger charge is 2.12. The highest BCUT2D eigenvalue weighted by molar-refractivity contribution is 9.10. The summed E-state index contributed by atoms with van der Waals surface area (Å²) in [5, 5.41) is 0. The van der Waals surface area contributed by atoms with Gasteiger partial charge in [0.15, 0.2) is 0 Å². The summed E-state index contributed by atoms with van der Waals surface area (Å²) in [6.45, 7) is 0.589. The summed E-state index contributed by atoms with van der Waals surface area (Å²) in [5.74, 6) is -0.0346. The van der Waals surface area contributed by atoms with Crippen LogP contribution in [0, 0.1) is 0 Å². The average molecular weight is 305 g/mol. The lowest BCUT2D eigenvalue weighted by molar-refractivity contribution is 0.0784. The van der Waals surface area contributed by atoms with Crippen molar-refractivity contribution >= 4 is 21.8 Å². The third kappa shape index (κ3) is 3.17. The van der Waals surface area contributed by atoms with Crippen LogP contribution < -0.4 is 0 Å². The minimum atomic E-state index is -0.0346. The first-order chi connectivity index (χ1) is 8.66. The van der Waals surface area contributed by atoms with Crippen LogP contribution in [0.5, 0.6) is 0 Å². The number of carbonyl (C=O) groups is 1. The molecule has 1 amide bonds. The Kier molecular flexibility index (Phi) is 4.10. The Morgan fingerprint density at radius 1 is 1.28 bits per heavy atom. The Labute approximate surface area is 115 Å². The molecular weight excluding hydrogens is 292 g/mol. The average Bonchev–Trinajstić information content (AvgIpc) is 2.39. The second kappa shape index (κ2) is 5.78. The van der Waals surface area contributed by atoms with E-state index < -0.39 is 0 Å². The Balaban J connectivity index is 2.10. The van der Waals surface area contributed by atoms with Crippen molar-refractivity contribution in [2.75, 3.05) is 7.05 Å². The van der Waals surface area contributed by atoms with Crippen molar-refractivity contribution in [1.29, 1.82) is 0 Å². The summed E-state index contributed by atoms with van der Waals surface area (Å²) < 4.78 is 0.807. The highest BCUT2D eigenvalue weighted by atomic mass is 79.9. The maximum absolute atomic E-state index is 12.2. The highest BCUT2D eigenvalue weighted by Crippen LogP contribution is 2.12. The van der Waals surface area contributed by atoms with E-state index in [1.807, 2.05) is 30.3 Å². The van der Waals surface area contributed by atoms with E-state index in [2.05, 4.69) is 20.9 Å². The van der Waals surface area contributed by atoms with Crippen LogP contribution in [0.3, 0.4) is 0 Å². The van der Waals surface area contributed by atoms with Crippen LogP contribution in [0.1, 0.15) is 15.9 Å². The summed E-state index contributed by atoms with van der Waals surface area (Å²) in [7, 11) is 1.79. The number of halogens is 1. The van der Waals surface area contributed by atoms with E-state index in [4.69, 9.17) is 0 Å². The quantitative estimate of drug-likeness (QED) is 0.873. The fourth-order valence-electron chi connectivity index (χ4n) is 1.68. The van der Waals surface area contributed by atoms with E-state index in [0.29, 0.717) is 12.1 Å². The molecule has 4 heteroatoms. The molecule has 0 saturated carbocycles. The van der Waals surface area contributed by atoms with Gasteiger partial charge in [-0.15, -0.1) is 0 Å². The molecule has 0 fully saturated rings. The lowest BCUT2D eigenvalue weighted by Crippen LogP contribution is -2.26. The molecule has 0 N–H and O–H groups in total. The van der Waals surface area contributed by atoms with Gasteiger partial charge in [-0.1, -0.05) is 30.3 Å². The van der Waals surface area contributed by atoms with E-state index >= 15 is 0 Å². The van der Waals surface area contributed by atoms with E-state index in [1.165, 1.54) is 0 Å². The Morgan fingerprint density at radius 2 is 2.00 bits per heavy atom. The van der Waals surface area contributed by atoms with Gasteiger partial charge < -0.3 is 4.90 Å². The molecule has 0 aliphatic carbocycles. The van der Waals surface area contributed by atoms with Crippen LogP contribution in [-0.2, 0) is 6.54 Å². The van der Waals surface area contributed by atoms with Gasteiger partial charge in [0, 0.05) is 30.5 Å². The zero-order chi connectivity index (χ0) is 13.0. The van der Waals surface area contributed by atoms with Crippen molar-refractivity contribution in [3.63, 3.8) is 0 Å². The second-order valence-corrected chi connectivity index (χ2v) is 4.95. The second-order valence-electron chi connectivity index (χ2n) is 4.04. The largest absolute Gasteiger partial charge is 0.337 e. The molecule has 1 aromatic heterocycles. The van der Waals surface area contributed by atoms with Gasteiger partial charge in [-0.05, 0) is 27.6 Å². The molecule has 0 spiro atoms. The van der Waals surface area contributed by atoms with E-state index in [1.54, 1.807) is 30.4 Å². The monoisotopic (exact) mass is 304 g/mol. The number of aromatic nitrogens is 1. The van der Waals surface area contributed by atoms with Crippen LogP contribution in [-0.4, -0.2) is 22.8 Å². The van der Waals surface area contributed by atoms with Gasteiger partial charge in [0.05, 0.1) is 5.56 Å². The Bertz CT molecular complexity index is 543. The van der Waals surface area contributed by atoms with Crippen LogP contribution in [0.15, 0.2) is 53.3 Å². The van der Waals surface area contributed by atoms with Gasteiger partial charge in [-0.3, -0.25) is 9.78 Å². The lowest BCUT2D eigenvalue weighted by atomic mass is 10.2. The van der Waals surface area contributed by atoms with Crippen molar-refractivity contribution in [2.45, 2.75) is 6.54 Å². The third-order valence-electron chi connectivity index (χ3n) is 2.56.